The molecule has 6 nitrogen and oxygen atoms in total. The number of anilines is 2. The molecule has 0 aromatic carbocycles. The van der Waals surface area contributed by atoms with Crippen molar-refractivity contribution in [3.63, 3.8) is 0 Å². The molecule has 3 aliphatic rings. The predicted octanol–water partition coefficient (Wildman–Crippen LogP) is 1.71. The molecule has 126 valence electrons. The molecule has 0 saturated carbocycles. The second-order valence-electron chi connectivity index (χ2n) is 6.93. The maximum Gasteiger partial charge on any atom is 0.134 e. The molecule has 3 fully saturated rings. The molecule has 0 amide bonds. The van der Waals surface area contributed by atoms with E-state index in [9.17, 15) is 0 Å². The van der Waals surface area contributed by atoms with Crippen LogP contribution in [0.3, 0.4) is 0 Å². The molecule has 0 aliphatic carbocycles. The number of rotatable bonds is 2. The first-order chi connectivity index (χ1) is 11.3. The summed E-state index contributed by atoms with van der Waals surface area (Å²) >= 11 is 0. The zero-order valence-electron chi connectivity index (χ0n) is 13.7. The summed E-state index contributed by atoms with van der Waals surface area (Å²) in [6, 6.07) is 2.15. The van der Waals surface area contributed by atoms with Crippen molar-refractivity contribution in [1.82, 2.24) is 9.97 Å². The molecule has 4 rings (SSSR count). The molecular weight excluding hydrogens is 292 g/mol. The van der Waals surface area contributed by atoms with E-state index in [1.165, 1.54) is 25.7 Å². The van der Waals surface area contributed by atoms with Crippen LogP contribution in [0.5, 0.6) is 0 Å². The number of nitrogens with zero attached hydrogens (tertiary/aromatic N) is 4. The minimum absolute atomic E-state index is 0.523. The molecule has 0 atom stereocenters. The first-order valence-electron chi connectivity index (χ1n) is 8.82. The largest absolute Gasteiger partial charge is 0.381 e. The molecular formula is C17H26N4O2. The van der Waals surface area contributed by atoms with Crippen LogP contribution in [-0.4, -0.2) is 62.6 Å². The molecule has 23 heavy (non-hydrogen) atoms. The normalized spacial score (nSPS) is 24.9. The predicted molar refractivity (Wildman–Crippen MR) is 89.0 cm³/mol. The van der Waals surface area contributed by atoms with Gasteiger partial charge < -0.3 is 19.3 Å². The van der Waals surface area contributed by atoms with E-state index in [2.05, 4.69) is 25.8 Å². The Morgan fingerprint density at radius 3 is 1.96 bits per heavy atom. The summed E-state index contributed by atoms with van der Waals surface area (Å²) in [5.74, 6) is 2.10. The van der Waals surface area contributed by atoms with Gasteiger partial charge in [0.05, 0.1) is 13.2 Å². The summed E-state index contributed by atoms with van der Waals surface area (Å²) in [5, 5.41) is 0. The van der Waals surface area contributed by atoms with Crippen molar-refractivity contribution >= 4 is 11.6 Å². The van der Waals surface area contributed by atoms with Gasteiger partial charge in [0.2, 0.25) is 0 Å². The molecule has 0 N–H and O–H groups in total. The van der Waals surface area contributed by atoms with Gasteiger partial charge in [-0.25, -0.2) is 9.97 Å². The van der Waals surface area contributed by atoms with Crippen LogP contribution >= 0.6 is 0 Å². The van der Waals surface area contributed by atoms with E-state index in [1.54, 1.807) is 6.33 Å². The summed E-state index contributed by atoms with van der Waals surface area (Å²) < 4.78 is 11.0. The van der Waals surface area contributed by atoms with Crippen molar-refractivity contribution in [3.8, 4) is 0 Å². The van der Waals surface area contributed by atoms with E-state index in [-0.39, 0.29) is 0 Å². The highest BCUT2D eigenvalue weighted by Crippen LogP contribution is 2.41. The van der Waals surface area contributed by atoms with Crippen LogP contribution in [0.2, 0.25) is 0 Å². The number of hydrogen-bond donors (Lipinski definition) is 0. The molecule has 6 heteroatoms. The van der Waals surface area contributed by atoms with Gasteiger partial charge in [-0.3, -0.25) is 0 Å². The number of ether oxygens (including phenoxy) is 2. The molecule has 0 unspecified atom stereocenters. The zero-order valence-corrected chi connectivity index (χ0v) is 13.7. The highest BCUT2D eigenvalue weighted by atomic mass is 16.5. The van der Waals surface area contributed by atoms with E-state index < -0.39 is 0 Å². The third-order valence-corrected chi connectivity index (χ3v) is 5.67. The van der Waals surface area contributed by atoms with Crippen molar-refractivity contribution in [2.24, 2.45) is 5.41 Å². The molecule has 1 aromatic heterocycles. The Morgan fingerprint density at radius 2 is 1.30 bits per heavy atom. The molecule has 1 spiro atoms. The minimum Gasteiger partial charge on any atom is -0.381 e. The fraction of sp³-hybridized carbons (Fsp3) is 0.765. The van der Waals surface area contributed by atoms with E-state index in [0.29, 0.717) is 5.41 Å². The van der Waals surface area contributed by atoms with Crippen LogP contribution in [0.4, 0.5) is 11.6 Å². The first-order valence-corrected chi connectivity index (χ1v) is 8.82. The summed E-state index contributed by atoms with van der Waals surface area (Å²) in [6.45, 7) is 7.48. The summed E-state index contributed by atoms with van der Waals surface area (Å²) in [6.07, 6.45) is 6.67. The maximum absolute atomic E-state index is 5.54. The number of piperidine rings is 1. The Kier molecular flexibility index (Phi) is 4.35. The zero-order chi connectivity index (χ0) is 15.5. The summed E-state index contributed by atoms with van der Waals surface area (Å²) in [4.78, 5) is 13.7. The number of hydrogen-bond acceptors (Lipinski definition) is 6. The van der Waals surface area contributed by atoms with Gasteiger partial charge in [-0.1, -0.05) is 0 Å². The van der Waals surface area contributed by atoms with Gasteiger partial charge in [0.25, 0.3) is 0 Å². The number of aromatic nitrogens is 2. The summed E-state index contributed by atoms with van der Waals surface area (Å²) in [7, 11) is 0. The van der Waals surface area contributed by atoms with Crippen molar-refractivity contribution in [1.29, 1.82) is 0 Å². The van der Waals surface area contributed by atoms with Gasteiger partial charge in [-0.2, -0.15) is 0 Å². The van der Waals surface area contributed by atoms with Crippen LogP contribution in [0.15, 0.2) is 12.4 Å². The standard InChI is InChI=1S/C17H26N4O2/c1-5-20(6-2-17(1)3-9-22-10-4-17)15-13-16(19-14-18-15)21-7-11-23-12-8-21/h13-14H,1-12H2. The molecule has 1 aromatic rings. The minimum atomic E-state index is 0.523. The van der Waals surface area contributed by atoms with Gasteiger partial charge >= 0.3 is 0 Å². The Labute approximate surface area is 137 Å². The topological polar surface area (TPSA) is 50.7 Å². The second-order valence-corrected chi connectivity index (χ2v) is 6.93. The quantitative estimate of drug-likeness (QED) is 0.827. The van der Waals surface area contributed by atoms with E-state index >= 15 is 0 Å². The monoisotopic (exact) mass is 318 g/mol. The van der Waals surface area contributed by atoms with Crippen LogP contribution in [-0.2, 0) is 9.47 Å². The molecule has 3 aliphatic heterocycles. The first kappa shape index (κ1) is 15.1. The average Bonchev–Trinajstić information content (AvgIpc) is 2.64. The Bertz CT molecular complexity index is 517. The van der Waals surface area contributed by atoms with Crippen molar-refractivity contribution in [3.05, 3.63) is 12.4 Å². The maximum atomic E-state index is 5.54. The van der Waals surface area contributed by atoms with Gasteiger partial charge in [0.15, 0.2) is 0 Å². The highest BCUT2D eigenvalue weighted by Gasteiger charge is 2.36. The van der Waals surface area contributed by atoms with Crippen molar-refractivity contribution in [2.45, 2.75) is 25.7 Å². The third kappa shape index (κ3) is 3.28. The SMILES string of the molecule is c1nc(N2CCOCC2)cc(N2CCC3(CCOCC3)CC2)n1. The Morgan fingerprint density at radius 1 is 0.739 bits per heavy atom. The van der Waals surface area contributed by atoms with Gasteiger partial charge in [-0.05, 0) is 31.1 Å². The average molecular weight is 318 g/mol. The van der Waals surface area contributed by atoms with Crippen LogP contribution < -0.4 is 9.80 Å². The second kappa shape index (κ2) is 6.61. The lowest BCUT2D eigenvalue weighted by atomic mass is 9.72. The molecule has 0 bridgehead atoms. The van der Waals surface area contributed by atoms with Gasteiger partial charge in [0, 0.05) is 45.5 Å². The van der Waals surface area contributed by atoms with Crippen LogP contribution in [0, 0.1) is 5.41 Å². The highest BCUT2D eigenvalue weighted by molar-refractivity contribution is 5.50. The van der Waals surface area contributed by atoms with Crippen molar-refractivity contribution in [2.75, 3.05) is 62.4 Å². The fourth-order valence-corrected chi connectivity index (χ4v) is 3.99. The van der Waals surface area contributed by atoms with E-state index in [1.807, 2.05) is 0 Å². The molecule has 3 saturated heterocycles. The van der Waals surface area contributed by atoms with Gasteiger partial charge in [-0.15, -0.1) is 0 Å². The van der Waals surface area contributed by atoms with Crippen LogP contribution in [0.1, 0.15) is 25.7 Å². The van der Waals surface area contributed by atoms with Crippen LogP contribution in [0.25, 0.3) is 0 Å². The van der Waals surface area contributed by atoms with Gasteiger partial charge in [0.1, 0.15) is 18.0 Å². The summed E-state index contributed by atoms with van der Waals surface area (Å²) in [5.41, 5.74) is 0.523. The Balaban J connectivity index is 1.42. The lowest BCUT2D eigenvalue weighted by Gasteiger charge is -2.44. The lowest BCUT2D eigenvalue weighted by Crippen LogP contribution is -2.43. The smallest absolute Gasteiger partial charge is 0.134 e. The van der Waals surface area contributed by atoms with Crippen molar-refractivity contribution < 1.29 is 9.47 Å². The fourth-order valence-electron chi connectivity index (χ4n) is 3.99. The lowest BCUT2D eigenvalue weighted by molar-refractivity contribution is 0.00206. The third-order valence-electron chi connectivity index (χ3n) is 5.67. The molecule has 0 radical (unpaired) electrons. The van der Waals surface area contributed by atoms with E-state index in [0.717, 1.165) is 64.2 Å². The number of morpholine rings is 1. The van der Waals surface area contributed by atoms with E-state index in [4.69, 9.17) is 9.47 Å². The Hall–Kier alpha value is -1.40. The molecule has 4 heterocycles.